The lowest BCUT2D eigenvalue weighted by Gasteiger charge is -2.28. The summed E-state index contributed by atoms with van der Waals surface area (Å²) < 4.78 is 0. The minimum absolute atomic E-state index is 0.0412. The summed E-state index contributed by atoms with van der Waals surface area (Å²) in [5.74, 6) is -0.138. The Labute approximate surface area is 136 Å². The van der Waals surface area contributed by atoms with Gasteiger partial charge in [-0.25, -0.2) is 0 Å². The maximum atomic E-state index is 12.8. The summed E-state index contributed by atoms with van der Waals surface area (Å²) in [6.45, 7) is 0. The summed E-state index contributed by atoms with van der Waals surface area (Å²) in [7, 11) is 1.90. The first-order chi connectivity index (χ1) is 10.6. The predicted octanol–water partition coefficient (Wildman–Crippen LogP) is 3.06. The van der Waals surface area contributed by atoms with Crippen LogP contribution in [0.25, 0.3) is 0 Å². The van der Waals surface area contributed by atoms with Crippen LogP contribution in [0.4, 0.5) is 0 Å². The summed E-state index contributed by atoms with van der Waals surface area (Å²) in [6, 6.07) is 7.78. The lowest BCUT2D eigenvalue weighted by molar-refractivity contribution is -0.115. The molecule has 2 amide bonds. The Balaban J connectivity index is 2.12. The molecule has 2 N–H and O–H groups in total. The summed E-state index contributed by atoms with van der Waals surface area (Å²) in [5, 5.41) is 0. The average Bonchev–Trinajstić information content (AvgIpc) is 2.81. The first-order valence-electron chi connectivity index (χ1n) is 7.87. The quantitative estimate of drug-likeness (QED) is 0.670. The maximum absolute atomic E-state index is 12.8. The third kappa shape index (κ3) is 4.50. The van der Waals surface area contributed by atoms with E-state index in [0.29, 0.717) is 11.6 Å². The second-order valence-corrected chi connectivity index (χ2v) is 6.83. The third-order valence-electron chi connectivity index (χ3n) is 4.18. The van der Waals surface area contributed by atoms with E-state index >= 15 is 0 Å². The summed E-state index contributed by atoms with van der Waals surface area (Å²) >= 11 is 1.33. The van der Waals surface area contributed by atoms with Crippen molar-refractivity contribution in [3.8, 4) is 0 Å². The first kappa shape index (κ1) is 16.9. The average molecular weight is 320 g/mol. The molecule has 0 atom stereocenters. The number of nitrogens with two attached hydrogens (primary N) is 1. The van der Waals surface area contributed by atoms with Crippen LogP contribution in [0.2, 0.25) is 0 Å². The van der Waals surface area contributed by atoms with Crippen LogP contribution in [0, 0.1) is 0 Å². The highest BCUT2D eigenvalue weighted by atomic mass is 32.2. The van der Waals surface area contributed by atoms with Gasteiger partial charge >= 0.3 is 0 Å². The molecule has 1 saturated carbocycles. The van der Waals surface area contributed by atoms with Crippen LogP contribution in [-0.4, -0.2) is 35.6 Å². The number of amides is 2. The van der Waals surface area contributed by atoms with Gasteiger partial charge in [-0.2, -0.15) is 0 Å². The van der Waals surface area contributed by atoms with E-state index in [1.165, 1.54) is 37.4 Å². The molecular formula is C17H24N2O2S. The Morgan fingerprint density at radius 2 is 1.82 bits per heavy atom. The molecule has 1 aliphatic rings. The van der Waals surface area contributed by atoms with Gasteiger partial charge in [0.05, 0.1) is 11.3 Å². The van der Waals surface area contributed by atoms with Gasteiger partial charge in [-0.1, -0.05) is 37.8 Å². The molecule has 0 aromatic heterocycles. The van der Waals surface area contributed by atoms with Gasteiger partial charge in [0.15, 0.2) is 0 Å². The summed E-state index contributed by atoms with van der Waals surface area (Å²) in [5.41, 5.74) is 5.87. The molecule has 0 unspecified atom stereocenters. The minimum atomic E-state index is -0.371. The normalized spacial score (nSPS) is 16.0. The standard InChI is InChI=1S/C17H24N2O2S/c1-19(13-8-4-2-3-5-9-13)17(21)14-10-6-7-11-15(14)22-12-16(18)20/h6-7,10-11,13H,2-5,8-9,12H2,1H3,(H2,18,20). The Hall–Kier alpha value is -1.49. The molecule has 1 aliphatic carbocycles. The Bertz CT molecular complexity index is 525. The Morgan fingerprint density at radius 1 is 1.18 bits per heavy atom. The number of carbonyl (C=O) groups is 2. The van der Waals surface area contributed by atoms with Crippen LogP contribution in [-0.2, 0) is 4.79 Å². The van der Waals surface area contributed by atoms with E-state index in [4.69, 9.17) is 5.73 Å². The smallest absolute Gasteiger partial charge is 0.254 e. The molecule has 1 aromatic rings. The van der Waals surface area contributed by atoms with E-state index < -0.39 is 0 Å². The van der Waals surface area contributed by atoms with Crippen LogP contribution in [0.5, 0.6) is 0 Å². The van der Waals surface area contributed by atoms with Crippen molar-refractivity contribution in [1.82, 2.24) is 4.90 Å². The molecule has 0 spiro atoms. The molecule has 0 saturated heterocycles. The molecule has 4 nitrogen and oxygen atoms in total. The lowest BCUT2D eigenvalue weighted by atomic mass is 10.1. The van der Waals surface area contributed by atoms with Crippen LogP contribution in [0.15, 0.2) is 29.2 Å². The minimum Gasteiger partial charge on any atom is -0.369 e. The van der Waals surface area contributed by atoms with Crippen molar-refractivity contribution in [3.63, 3.8) is 0 Å². The zero-order valence-corrected chi connectivity index (χ0v) is 13.9. The SMILES string of the molecule is CN(C(=O)c1ccccc1SCC(N)=O)C1CCCCCC1. The van der Waals surface area contributed by atoms with Gasteiger partial charge in [0.2, 0.25) is 5.91 Å². The molecule has 2 rings (SSSR count). The van der Waals surface area contributed by atoms with Crippen molar-refractivity contribution in [2.45, 2.75) is 49.5 Å². The van der Waals surface area contributed by atoms with Crippen molar-refractivity contribution in [2.24, 2.45) is 5.73 Å². The molecular weight excluding hydrogens is 296 g/mol. The highest BCUT2D eigenvalue weighted by molar-refractivity contribution is 8.00. The molecule has 1 fully saturated rings. The van der Waals surface area contributed by atoms with E-state index in [1.807, 2.05) is 36.2 Å². The zero-order valence-electron chi connectivity index (χ0n) is 13.1. The van der Waals surface area contributed by atoms with Crippen molar-refractivity contribution < 1.29 is 9.59 Å². The topological polar surface area (TPSA) is 63.4 Å². The number of hydrogen-bond donors (Lipinski definition) is 1. The van der Waals surface area contributed by atoms with Crippen molar-refractivity contribution in [1.29, 1.82) is 0 Å². The molecule has 0 heterocycles. The first-order valence-corrected chi connectivity index (χ1v) is 8.85. The molecule has 0 aliphatic heterocycles. The van der Waals surface area contributed by atoms with E-state index in [0.717, 1.165) is 17.7 Å². The molecule has 120 valence electrons. The molecule has 22 heavy (non-hydrogen) atoms. The number of primary amides is 1. The molecule has 5 heteroatoms. The van der Waals surface area contributed by atoms with E-state index in [1.54, 1.807) is 0 Å². The van der Waals surface area contributed by atoms with Gasteiger partial charge in [-0.05, 0) is 25.0 Å². The van der Waals surface area contributed by atoms with Crippen LogP contribution in [0.1, 0.15) is 48.9 Å². The number of carbonyl (C=O) groups excluding carboxylic acids is 2. The zero-order chi connectivity index (χ0) is 15.9. The van der Waals surface area contributed by atoms with Crippen LogP contribution in [0.3, 0.4) is 0 Å². The second kappa shape index (κ2) is 8.22. The Kier molecular flexibility index (Phi) is 6.31. The van der Waals surface area contributed by atoms with Crippen molar-refractivity contribution >= 4 is 23.6 Å². The van der Waals surface area contributed by atoms with Gasteiger partial charge in [0.25, 0.3) is 5.91 Å². The molecule has 1 aromatic carbocycles. The molecule has 0 radical (unpaired) electrons. The third-order valence-corrected chi connectivity index (χ3v) is 5.28. The number of benzene rings is 1. The highest BCUT2D eigenvalue weighted by Crippen LogP contribution is 2.26. The van der Waals surface area contributed by atoms with Gasteiger partial charge in [-0.15, -0.1) is 11.8 Å². The van der Waals surface area contributed by atoms with Gasteiger partial charge < -0.3 is 10.6 Å². The largest absolute Gasteiger partial charge is 0.369 e. The van der Waals surface area contributed by atoms with Crippen LogP contribution < -0.4 is 5.73 Å². The fourth-order valence-corrected chi connectivity index (χ4v) is 3.70. The highest BCUT2D eigenvalue weighted by Gasteiger charge is 2.23. The molecule has 0 bridgehead atoms. The summed E-state index contributed by atoms with van der Waals surface area (Å²) in [4.78, 5) is 26.5. The van der Waals surface area contributed by atoms with Gasteiger partial charge in [0, 0.05) is 18.0 Å². The lowest BCUT2D eigenvalue weighted by Crippen LogP contribution is -2.37. The fraction of sp³-hybridized carbons (Fsp3) is 0.529. The number of thioether (sulfide) groups is 1. The maximum Gasteiger partial charge on any atom is 0.254 e. The number of nitrogens with zero attached hydrogens (tertiary/aromatic N) is 1. The monoisotopic (exact) mass is 320 g/mol. The number of rotatable bonds is 5. The van der Waals surface area contributed by atoms with Crippen molar-refractivity contribution in [3.05, 3.63) is 29.8 Å². The number of hydrogen-bond acceptors (Lipinski definition) is 3. The Morgan fingerprint density at radius 3 is 2.45 bits per heavy atom. The van der Waals surface area contributed by atoms with Crippen molar-refractivity contribution in [2.75, 3.05) is 12.8 Å². The van der Waals surface area contributed by atoms with Gasteiger partial charge in [0.1, 0.15) is 0 Å². The predicted molar refractivity (Wildman–Crippen MR) is 89.9 cm³/mol. The fourth-order valence-electron chi connectivity index (χ4n) is 2.92. The van der Waals surface area contributed by atoms with E-state index in [2.05, 4.69) is 0 Å². The van der Waals surface area contributed by atoms with E-state index in [9.17, 15) is 9.59 Å². The van der Waals surface area contributed by atoms with Crippen LogP contribution >= 0.6 is 11.8 Å². The summed E-state index contributed by atoms with van der Waals surface area (Å²) in [6.07, 6.45) is 7.09. The van der Waals surface area contributed by atoms with Gasteiger partial charge in [-0.3, -0.25) is 9.59 Å². The van der Waals surface area contributed by atoms with E-state index in [-0.39, 0.29) is 17.6 Å². The second-order valence-electron chi connectivity index (χ2n) is 5.81.